The average Bonchev–Trinajstić information content (AvgIpc) is 1.83. The van der Waals surface area contributed by atoms with Crippen molar-refractivity contribution in [2.75, 3.05) is 6.61 Å². The Kier molecular flexibility index (Phi) is 8.02. The standard InChI is InChI=1S/C7H14O2.CH4/c1-4-6(2)5-9-7(3)8;/h6H,4-5H2,1-3H3;1H4. The van der Waals surface area contributed by atoms with Gasteiger partial charge in [-0.3, -0.25) is 4.79 Å². The van der Waals surface area contributed by atoms with Crippen LogP contribution in [0, 0.1) is 5.92 Å². The van der Waals surface area contributed by atoms with Crippen LogP contribution in [0.15, 0.2) is 0 Å². The number of hydrogen-bond acceptors (Lipinski definition) is 2. The number of rotatable bonds is 3. The molecule has 1 unspecified atom stereocenters. The SMILES string of the molecule is C.CCC(C)COC(C)=O. The Hall–Kier alpha value is -0.530. The fraction of sp³-hybridized carbons (Fsp3) is 0.875. The summed E-state index contributed by atoms with van der Waals surface area (Å²) in [7, 11) is 0. The van der Waals surface area contributed by atoms with Gasteiger partial charge in [-0.15, -0.1) is 0 Å². The lowest BCUT2D eigenvalue weighted by atomic mass is 10.1. The maximum atomic E-state index is 10.2. The first kappa shape index (κ1) is 12.2. The molecule has 0 radical (unpaired) electrons. The van der Waals surface area contributed by atoms with E-state index in [9.17, 15) is 4.79 Å². The van der Waals surface area contributed by atoms with E-state index in [0.29, 0.717) is 12.5 Å². The molecular formula is C8H18O2. The highest BCUT2D eigenvalue weighted by atomic mass is 16.5. The van der Waals surface area contributed by atoms with Gasteiger partial charge in [-0.25, -0.2) is 0 Å². The molecule has 0 heterocycles. The molecular weight excluding hydrogens is 128 g/mol. The van der Waals surface area contributed by atoms with Crippen LogP contribution in [0.25, 0.3) is 0 Å². The summed E-state index contributed by atoms with van der Waals surface area (Å²) in [5.41, 5.74) is 0. The molecule has 0 aliphatic heterocycles. The molecule has 0 aliphatic rings. The molecule has 0 aromatic heterocycles. The summed E-state index contributed by atoms with van der Waals surface area (Å²) in [6, 6.07) is 0. The van der Waals surface area contributed by atoms with Crippen LogP contribution in [-0.4, -0.2) is 12.6 Å². The van der Waals surface area contributed by atoms with E-state index in [0.717, 1.165) is 6.42 Å². The third-order valence-electron chi connectivity index (χ3n) is 1.27. The zero-order valence-corrected chi connectivity index (χ0v) is 6.31. The maximum Gasteiger partial charge on any atom is 0.302 e. The van der Waals surface area contributed by atoms with Crippen molar-refractivity contribution >= 4 is 5.97 Å². The van der Waals surface area contributed by atoms with Gasteiger partial charge in [-0.2, -0.15) is 0 Å². The quantitative estimate of drug-likeness (QED) is 0.571. The molecule has 0 saturated heterocycles. The number of ether oxygens (including phenoxy) is 1. The Labute approximate surface area is 63.6 Å². The third kappa shape index (κ3) is 7.47. The minimum absolute atomic E-state index is 0. The largest absolute Gasteiger partial charge is 0.466 e. The number of hydrogen-bond donors (Lipinski definition) is 0. The van der Waals surface area contributed by atoms with Gasteiger partial charge in [0.25, 0.3) is 0 Å². The zero-order valence-electron chi connectivity index (χ0n) is 6.31. The van der Waals surface area contributed by atoms with Gasteiger partial charge in [0.1, 0.15) is 0 Å². The molecule has 1 atom stereocenters. The Morgan fingerprint density at radius 1 is 1.60 bits per heavy atom. The van der Waals surface area contributed by atoms with Crippen molar-refractivity contribution in [2.24, 2.45) is 5.92 Å². The van der Waals surface area contributed by atoms with E-state index in [1.54, 1.807) is 0 Å². The van der Waals surface area contributed by atoms with Crippen molar-refractivity contribution in [3.8, 4) is 0 Å². The second-order valence-electron chi connectivity index (χ2n) is 2.32. The van der Waals surface area contributed by atoms with Crippen LogP contribution in [-0.2, 0) is 9.53 Å². The molecule has 0 N–H and O–H groups in total. The van der Waals surface area contributed by atoms with Crippen molar-refractivity contribution in [2.45, 2.75) is 34.6 Å². The Balaban J connectivity index is 0. The Bertz CT molecular complexity index is 89.3. The second-order valence-corrected chi connectivity index (χ2v) is 2.32. The lowest BCUT2D eigenvalue weighted by molar-refractivity contribution is -0.142. The smallest absolute Gasteiger partial charge is 0.302 e. The van der Waals surface area contributed by atoms with E-state index >= 15 is 0 Å². The molecule has 0 spiro atoms. The summed E-state index contributed by atoms with van der Waals surface area (Å²) in [6.45, 7) is 6.13. The highest BCUT2D eigenvalue weighted by Gasteiger charge is 1.99. The first-order valence-corrected chi connectivity index (χ1v) is 3.30. The Morgan fingerprint density at radius 3 is 2.40 bits per heavy atom. The van der Waals surface area contributed by atoms with Crippen molar-refractivity contribution < 1.29 is 9.53 Å². The monoisotopic (exact) mass is 146 g/mol. The van der Waals surface area contributed by atoms with Crippen LogP contribution in [0.4, 0.5) is 0 Å². The number of carbonyl (C=O) groups is 1. The molecule has 0 aliphatic carbocycles. The molecule has 0 rings (SSSR count). The molecule has 0 fully saturated rings. The van der Waals surface area contributed by atoms with Crippen LogP contribution in [0.5, 0.6) is 0 Å². The first-order valence-electron chi connectivity index (χ1n) is 3.30. The average molecular weight is 146 g/mol. The lowest BCUT2D eigenvalue weighted by Gasteiger charge is -2.06. The fourth-order valence-corrected chi connectivity index (χ4v) is 0.377. The van der Waals surface area contributed by atoms with Gasteiger partial charge in [0.2, 0.25) is 0 Å². The van der Waals surface area contributed by atoms with Crippen LogP contribution in [0.2, 0.25) is 0 Å². The molecule has 0 bridgehead atoms. The van der Waals surface area contributed by atoms with Crippen molar-refractivity contribution in [3.63, 3.8) is 0 Å². The number of esters is 1. The van der Waals surface area contributed by atoms with E-state index in [2.05, 4.69) is 13.8 Å². The van der Waals surface area contributed by atoms with Gasteiger partial charge < -0.3 is 4.74 Å². The summed E-state index contributed by atoms with van der Waals surface area (Å²) in [5.74, 6) is 0.309. The molecule has 0 saturated carbocycles. The second kappa shape index (κ2) is 6.59. The van der Waals surface area contributed by atoms with Gasteiger partial charge in [0, 0.05) is 6.92 Å². The predicted octanol–water partition coefficient (Wildman–Crippen LogP) is 2.23. The summed E-state index contributed by atoms with van der Waals surface area (Å²) in [6.07, 6.45) is 1.06. The van der Waals surface area contributed by atoms with Gasteiger partial charge in [0.15, 0.2) is 0 Å². The van der Waals surface area contributed by atoms with E-state index in [1.807, 2.05) is 0 Å². The van der Waals surface area contributed by atoms with Crippen molar-refractivity contribution in [1.29, 1.82) is 0 Å². The summed E-state index contributed by atoms with van der Waals surface area (Å²) < 4.78 is 4.76. The van der Waals surface area contributed by atoms with Crippen LogP contribution in [0.1, 0.15) is 34.6 Å². The molecule has 62 valence electrons. The van der Waals surface area contributed by atoms with Crippen LogP contribution >= 0.6 is 0 Å². The van der Waals surface area contributed by atoms with Gasteiger partial charge in [-0.1, -0.05) is 27.7 Å². The summed E-state index contributed by atoms with van der Waals surface area (Å²) >= 11 is 0. The van der Waals surface area contributed by atoms with Crippen LogP contribution < -0.4 is 0 Å². The highest BCUT2D eigenvalue weighted by molar-refractivity contribution is 5.65. The normalized spacial score (nSPS) is 11.5. The van der Waals surface area contributed by atoms with Crippen molar-refractivity contribution in [1.82, 2.24) is 0 Å². The summed E-state index contributed by atoms with van der Waals surface area (Å²) in [5, 5.41) is 0. The van der Waals surface area contributed by atoms with Gasteiger partial charge in [0.05, 0.1) is 6.61 Å². The van der Waals surface area contributed by atoms with Gasteiger partial charge in [-0.05, 0) is 5.92 Å². The first-order chi connectivity index (χ1) is 4.16. The Morgan fingerprint density at radius 2 is 2.10 bits per heavy atom. The van der Waals surface area contributed by atoms with Crippen molar-refractivity contribution in [3.05, 3.63) is 0 Å². The van der Waals surface area contributed by atoms with Gasteiger partial charge >= 0.3 is 5.97 Å². The van der Waals surface area contributed by atoms with E-state index in [4.69, 9.17) is 4.74 Å². The predicted molar refractivity (Wildman–Crippen MR) is 42.8 cm³/mol. The molecule has 0 aromatic rings. The third-order valence-corrected chi connectivity index (χ3v) is 1.27. The molecule has 0 aromatic carbocycles. The minimum Gasteiger partial charge on any atom is -0.466 e. The van der Waals surface area contributed by atoms with E-state index < -0.39 is 0 Å². The molecule has 0 amide bonds. The molecule has 2 heteroatoms. The van der Waals surface area contributed by atoms with Crippen LogP contribution in [0.3, 0.4) is 0 Å². The summed E-state index contributed by atoms with van der Waals surface area (Å²) in [4.78, 5) is 10.2. The topological polar surface area (TPSA) is 26.3 Å². The maximum absolute atomic E-state index is 10.2. The lowest BCUT2D eigenvalue weighted by Crippen LogP contribution is -2.07. The van der Waals surface area contributed by atoms with E-state index in [-0.39, 0.29) is 13.4 Å². The minimum atomic E-state index is -0.185. The fourth-order valence-electron chi connectivity index (χ4n) is 0.377. The highest BCUT2D eigenvalue weighted by Crippen LogP contribution is 1.99. The molecule has 2 nitrogen and oxygen atoms in total. The zero-order chi connectivity index (χ0) is 7.28. The molecule has 10 heavy (non-hydrogen) atoms. The number of carbonyl (C=O) groups excluding carboxylic acids is 1. The van der Waals surface area contributed by atoms with E-state index in [1.165, 1.54) is 6.92 Å².